The van der Waals surface area contributed by atoms with Crippen molar-refractivity contribution in [1.82, 2.24) is 0 Å². The smallest absolute Gasteiger partial charge is 0.298 e. The molecule has 5 nitrogen and oxygen atoms in total. The zero-order valence-electron chi connectivity index (χ0n) is 7.14. The van der Waals surface area contributed by atoms with Crippen LogP contribution >= 0.6 is 0 Å². The van der Waals surface area contributed by atoms with Gasteiger partial charge in [0, 0.05) is 12.7 Å². The molecule has 4 N–H and O–H groups in total. The molecule has 13 heavy (non-hydrogen) atoms. The van der Waals surface area contributed by atoms with Crippen molar-refractivity contribution in [3.05, 3.63) is 24.3 Å². The molecule has 0 aliphatic rings. The Morgan fingerprint density at radius 3 is 2.08 bits per heavy atom. The summed E-state index contributed by atoms with van der Waals surface area (Å²) >= 11 is 0. The lowest BCUT2D eigenvalue weighted by Gasteiger charge is -2.15. The Morgan fingerprint density at radius 2 is 1.69 bits per heavy atom. The Labute approximate surface area is 77.1 Å². The van der Waals surface area contributed by atoms with Crippen LogP contribution in [-0.2, 0) is 10.2 Å². The van der Waals surface area contributed by atoms with Gasteiger partial charge < -0.3 is 5.73 Å². The fourth-order valence-corrected chi connectivity index (χ4v) is 1.25. The number of nitrogen functional groups attached to an aromatic ring is 1. The Morgan fingerprint density at radius 1 is 1.23 bits per heavy atom. The number of nitrogens with zero attached hydrogens (tertiary/aromatic N) is 1. The van der Waals surface area contributed by atoms with Gasteiger partial charge in [-0.2, -0.15) is 8.42 Å². The molecule has 1 rings (SSSR count). The van der Waals surface area contributed by atoms with Gasteiger partial charge in [0.05, 0.1) is 5.69 Å². The van der Waals surface area contributed by atoms with E-state index in [9.17, 15) is 8.42 Å². The molecule has 0 aliphatic heterocycles. The molecule has 0 radical (unpaired) electrons. The van der Waals surface area contributed by atoms with Gasteiger partial charge in [-0.05, 0) is 24.3 Å². The number of hydrogen-bond acceptors (Lipinski definition) is 3. The number of rotatable bonds is 2. The van der Waals surface area contributed by atoms with Crippen LogP contribution in [0.3, 0.4) is 0 Å². The van der Waals surface area contributed by atoms with Gasteiger partial charge in [0.2, 0.25) is 0 Å². The quantitative estimate of drug-likeness (QED) is 0.655. The number of nitrogens with two attached hydrogens (primary N) is 2. The van der Waals surface area contributed by atoms with Crippen LogP contribution in [0.1, 0.15) is 0 Å². The first-order chi connectivity index (χ1) is 5.91. The molecule has 0 spiro atoms. The van der Waals surface area contributed by atoms with Crippen molar-refractivity contribution >= 4 is 21.6 Å². The summed E-state index contributed by atoms with van der Waals surface area (Å²) in [6.45, 7) is 0. The highest BCUT2D eigenvalue weighted by Crippen LogP contribution is 2.15. The van der Waals surface area contributed by atoms with E-state index in [0.717, 1.165) is 4.31 Å². The third-order valence-electron chi connectivity index (χ3n) is 1.64. The second-order valence-electron chi connectivity index (χ2n) is 2.60. The largest absolute Gasteiger partial charge is 0.399 e. The van der Waals surface area contributed by atoms with Crippen molar-refractivity contribution in [2.45, 2.75) is 0 Å². The van der Waals surface area contributed by atoms with Gasteiger partial charge in [0.15, 0.2) is 0 Å². The van der Waals surface area contributed by atoms with E-state index in [1.165, 1.54) is 7.05 Å². The van der Waals surface area contributed by atoms with E-state index in [4.69, 9.17) is 10.9 Å². The lowest BCUT2D eigenvalue weighted by Crippen LogP contribution is -2.32. The summed E-state index contributed by atoms with van der Waals surface area (Å²) in [7, 11) is -2.30. The van der Waals surface area contributed by atoms with Gasteiger partial charge in [-0.15, -0.1) is 0 Å². The molecule has 0 saturated heterocycles. The SMILES string of the molecule is CN(c1ccc(N)cc1)S(N)(=O)=O. The van der Waals surface area contributed by atoms with E-state index < -0.39 is 10.2 Å². The van der Waals surface area contributed by atoms with Crippen LogP contribution in [0.2, 0.25) is 0 Å². The number of anilines is 2. The Bertz CT molecular complexity index is 385. The maximum Gasteiger partial charge on any atom is 0.298 e. The van der Waals surface area contributed by atoms with Gasteiger partial charge >= 0.3 is 0 Å². The molecule has 0 unspecified atom stereocenters. The van der Waals surface area contributed by atoms with Gasteiger partial charge in [-0.3, -0.25) is 4.31 Å². The molecule has 72 valence electrons. The van der Waals surface area contributed by atoms with Crippen molar-refractivity contribution in [2.75, 3.05) is 17.1 Å². The van der Waals surface area contributed by atoms with Crippen molar-refractivity contribution in [2.24, 2.45) is 5.14 Å². The minimum absolute atomic E-state index is 0.483. The van der Waals surface area contributed by atoms with Crippen LogP contribution < -0.4 is 15.2 Å². The minimum Gasteiger partial charge on any atom is -0.399 e. The van der Waals surface area contributed by atoms with Crippen LogP contribution in [0.15, 0.2) is 24.3 Å². The van der Waals surface area contributed by atoms with Crippen LogP contribution in [0.5, 0.6) is 0 Å². The first-order valence-electron chi connectivity index (χ1n) is 3.53. The zero-order chi connectivity index (χ0) is 10.1. The summed E-state index contributed by atoms with van der Waals surface area (Å²) in [6.07, 6.45) is 0. The molecule has 0 bridgehead atoms. The van der Waals surface area contributed by atoms with E-state index in [0.29, 0.717) is 11.4 Å². The molecule has 0 heterocycles. The van der Waals surface area contributed by atoms with E-state index in [1.807, 2.05) is 0 Å². The molecular formula is C7H11N3O2S. The monoisotopic (exact) mass is 201 g/mol. The van der Waals surface area contributed by atoms with E-state index in [-0.39, 0.29) is 0 Å². The van der Waals surface area contributed by atoms with E-state index in [1.54, 1.807) is 24.3 Å². The van der Waals surface area contributed by atoms with Crippen molar-refractivity contribution in [3.63, 3.8) is 0 Å². The molecule has 1 aromatic carbocycles. The lowest BCUT2D eigenvalue weighted by atomic mass is 10.3. The predicted octanol–water partition coefficient (Wildman–Crippen LogP) is -0.0915. The number of benzene rings is 1. The Hall–Kier alpha value is -1.27. The Balaban J connectivity index is 3.04. The average Bonchev–Trinajstić information content (AvgIpc) is 2.03. The van der Waals surface area contributed by atoms with E-state index in [2.05, 4.69) is 0 Å². The first-order valence-corrected chi connectivity index (χ1v) is 5.04. The standard InChI is InChI=1S/C7H11N3O2S/c1-10(13(9,11)12)7-4-2-6(8)3-5-7/h2-5H,8H2,1H3,(H2,9,11,12). The summed E-state index contributed by atoms with van der Waals surface area (Å²) in [6, 6.07) is 6.38. The Kier molecular flexibility index (Phi) is 2.44. The molecule has 0 fully saturated rings. The topological polar surface area (TPSA) is 89.4 Å². The minimum atomic E-state index is -3.68. The van der Waals surface area contributed by atoms with Crippen molar-refractivity contribution in [3.8, 4) is 0 Å². The van der Waals surface area contributed by atoms with Crippen molar-refractivity contribution < 1.29 is 8.42 Å². The first kappa shape index (κ1) is 9.82. The van der Waals surface area contributed by atoms with Gasteiger partial charge in [-0.1, -0.05) is 0 Å². The predicted molar refractivity (Wildman–Crippen MR) is 52.4 cm³/mol. The molecule has 0 saturated carbocycles. The highest BCUT2D eigenvalue weighted by Gasteiger charge is 2.11. The van der Waals surface area contributed by atoms with Crippen LogP contribution in [0.4, 0.5) is 11.4 Å². The second kappa shape index (κ2) is 3.23. The molecule has 0 aliphatic carbocycles. The molecule has 0 amide bonds. The van der Waals surface area contributed by atoms with Crippen molar-refractivity contribution in [1.29, 1.82) is 0 Å². The number of hydrogen-bond donors (Lipinski definition) is 2. The summed E-state index contributed by atoms with van der Waals surface area (Å²) in [5.41, 5.74) is 6.50. The zero-order valence-corrected chi connectivity index (χ0v) is 7.95. The third-order valence-corrected chi connectivity index (χ3v) is 2.61. The second-order valence-corrected chi connectivity index (χ2v) is 4.18. The van der Waals surface area contributed by atoms with E-state index >= 15 is 0 Å². The molecular weight excluding hydrogens is 190 g/mol. The maximum atomic E-state index is 10.9. The normalized spacial score (nSPS) is 11.2. The maximum absolute atomic E-state index is 10.9. The fourth-order valence-electron chi connectivity index (χ4n) is 0.831. The fraction of sp³-hybridized carbons (Fsp3) is 0.143. The molecule has 0 aromatic heterocycles. The van der Waals surface area contributed by atoms with Gasteiger partial charge in [-0.25, -0.2) is 5.14 Å². The highest BCUT2D eigenvalue weighted by atomic mass is 32.2. The summed E-state index contributed by atoms with van der Waals surface area (Å²) in [5.74, 6) is 0. The van der Waals surface area contributed by atoms with Crippen LogP contribution in [0, 0.1) is 0 Å². The van der Waals surface area contributed by atoms with Crippen LogP contribution in [-0.4, -0.2) is 15.5 Å². The van der Waals surface area contributed by atoms with Gasteiger partial charge in [0.25, 0.3) is 10.2 Å². The summed E-state index contributed by atoms with van der Waals surface area (Å²) in [5, 5.41) is 4.92. The summed E-state index contributed by atoms with van der Waals surface area (Å²) < 4.78 is 22.8. The molecule has 6 heteroatoms. The highest BCUT2D eigenvalue weighted by molar-refractivity contribution is 7.90. The van der Waals surface area contributed by atoms with Gasteiger partial charge in [0.1, 0.15) is 0 Å². The molecule has 1 aromatic rings. The third kappa shape index (κ3) is 2.33. The lowest BCUT2D eigenvalue weighted by molar-refractivity contribution is 0.596. The molecule has 0 atom stereocenters. The summed E-state index contributed by atoms with van der Waals surface area (Å²) in [4.78, 5) is 0. The van der Waals surface area contributed by atoms with Crippen LogP contribution in [0.25, 0.3) is 0 Å². The average molecular weight is 201 g/mol.